The van der Waals surface area contributed by atoms with Gasteiger partial charge in [-0.25, -0.2) is 0 Å². The highest BCUT2D eigenvalue weighted by atomic mass is 16.6. The van der Waals surface area contributed by atoms with Gasteiger partial charge in [-0.1, -0.05) is 30.3 Å². The third-order valence-electron chi connectivity index (χ3n) is 2.44. The number of hydrogen-bond acceptors (Lipinski definition) is 4. The van der Waals surface area contributed by atoms with E-state index in [4.69, 9.17) is 4.74 Å². The number of ether oxygens (including phenoxy) is 1. The van der Waals surface area contributed by atoms with Crippen LogP contribution in [0.25, 0.3) is 0 Å². The van der Waals surface area contributed by atoms with Crippen LogP contribution in [0.1, 0.15) is 18.1 Å². The minimum atomic E-state index is -1.24. The topological polar surface area (TPSA) is 66.4 Å². The lowest BCUT2D eigenvalue weighted by Crippen LogP contribution is -2.32. The smallest absolute Gasteiger partial charge is 0.307 e. The summed E-state index contributed by atoms with van der Waals surface area (Å²) in [5.41, 5.74) is 0.692. The van der Waals surface area contributed by atoms with Crippen LogP contribution in [-0.4, -0.2) is 11.9 Å². The Balaban J connectivity index is 2.28. The van der Waals surface area contributed by atoms with E-state index in [0.717, 1.165) is 0 Å². The maximum atomic E-state index is 11.0. The lowest BCUT2D eigenvalue weighted by atomic mass is 9.95. The van der Waals surface area contributed by atoms with Crippen LogP contribution in [0, 0.1) is 5.92 Å². The number of cyclic esters (lactones) is 1. The monoisotopic (exact) mass is 205 g/mol. The maximum absolute atomic E-state index is 11.0. The molecule has 1 aliphatic heterocycles. The van der Waals surface area contributed by atoms with Gasteiger partial charge in [0.2, 0.25) is 0 Å². The Morgan fingerprint density at radius 1 is 1.33 bits per heavy atom. The highest BCUT2D eigenvalue weighted by molar-refractivity contribution is 5.81. The van der Waals surface area contributed by atoms with Crippen molar-refractivity contribution in [2.24, 2.45) is 5.92 Å². The molecule has 2 atom stereocenters. The van der Waals surface area contributed by atoms with Gasteiger partial charge in [0, 0.05) is 5.97 Å². The number of esters is 1. The molecule has 78 valence electrons. The standard InChI is InChI=1S/C11H10O4/c12-9-6-8(11(13)14)10(15-9)7-4-2-1-3-5-7/h1-5,8,10H,6H2,(H,13,14)/p-1. The summed E-state index contributed by atoms with van der Waals surface area (Å²) in [6, 6.07) is 8.83. The van der Waals surface area contributed by atoms with Crippen LogP contribution in [0.2, 0.25) is 0 Å². The van der Waals surface area contributed by atoms with E-state index in [9.17, 15) is 14.7 Å². The summed E-state index contributed by atoms with van der Waals surface area (Å²) in [5.74, 6) is -2.60. The molecule has 4 nitrogen and oxygen atoms in total. The van der Waals surface area contributed by atoms with Gasteiger partial charge in [0.05, 0.1) is 12.3 Å². The molecule has 1 aromatic rings. The molecule has 2 unspecified atom stereocenters. The molecule has 15 heavy (non-hydrogen) atoms. The molecule has 0 N–H and O–H groups in total. The van der Waals surface area contributed by atoms with Crippen molar-refractivity contribution in [3.8, 4) is 0 Å². The van der Waals surface area contributed by atoms with E-state index in [2.05, 4.69) is 0 Å². The Morgan fingerprint density at radius 2 is 2.00 bits per heavy atom. The van der Waals surface area contributed by atoms with Crippen LogP contribution in [0.3, 0.4) is 0 Å². The lowest BCUT2D eigenvalue weighted by molar-refractivity contribution is -0.312. The van der Waals surface area contributed by atoms with Crippen molar-refractivity contribution >= 4 is 11.9 Å². The predicted molar refractivity (Wildman–Crippen MR) is 48.4 cm³/mol. The van der Waals surface area contributed by atoms with Crippen molar-refractivity contribution in [2.45, 2.75) is 12.5 Å². The van der Waals surface area contributed by atoms with Crippen LogP contribution < -0.4 is 5.11 Å². The Bertz CT molecular complexity index is 385. The van der Waals surface area contributed by atoms with Crippen LogP contribution >= 0.6 is 0 Å². The summed E-state index contributed by atoms with van der Waals surface area (Å²) in [4.78, 5) is 21.8. The Morgan fingerprint density at radius 3 is 2.60 bits per heavy atom. The molecule has 0 bridgehead atoms. The van der Waals surface area contributed by atoms with Gasteiger partial charge in [-0.3, -0.25) is 4.79 Å². The third-order valence-corrected chi connectivity index (χ3v) is 2.44. The second-order valence-electron chi connectivity index (χ2n) is 3.45. The first-order valence-corrected chi connectivity index (χ1v) is 4.64. The Hall–Kier alpha value is -1.84. The molecule has 0 amide bonds. The molecule has 1 saturated heterocycles. The minimum absolute atomic E-state index is 0.109. The van der Waals surface area contributed by atoms with Crippen LogP contribution in [0.4, 0.5) is 0 Å². The van der Waals surface area contributed by atoms with E-state index in [1.165, 1.54) is 0 Å². The lowest BCUT2D eigenvalue weighted by Gasteiger charge is -2.18. The number of carboxylic acids is 1. The van der Waals surface area contributed by atoms with E-state index >= 15 is 0 Å². The fraction of sp³-hybridized carbons (Fsp3) is 0.273. The quantitative estimate of drug-likeness (QED) is 0.639. The molecule has 1 aliphatic rings. The van der Waals surface area contributed by atoms with E-state index in [0.29, 0.717) is 5.56 Å². The number of rotatable bonds is 2. The summed E-state index contributed by atoms with van der Waals surface area (Å²) in [7, 11) is 0. The first kappa shape index (κ1) is 9.71. The zero-order valence-corrected chi connectivity index (χ0v) is 7.88. The first-order chi connectivity index (χ1) is 7.18. The van der Waals surface area contributed by atoms with E-state index in [-0.39, 0.29) is 6.42 Å². The number of carboxylic acid groups (broad SMARTS) is 1. The maximum Gasteiger partial charge on any atom is 0.307 e. The van der Waals surface area contributed by atoms with Crippen molar-refractivity contribution in [3.05, 3.63) is 35.9 Å². The van der Waals surface area contributed by atoms with Crippen molar-refractivity contribution in [2.75, 3.05) is 0 Å². The van der Waals surface area contributed by atoms with Gasteiger partial charge < -0.3 is 14.6 Å². The number of benzene rings is 1. The average Bonchev–Trinajstić information content (AvgIpc) is 2.62. The van der Waals surface area contributed by atoms with Crippen LogP contribution in [0.15, 0.2) is 30.3 Å². The van der Waals surface area contributed by atoms with E-state index < -0.39 is 24.0 Å². The summed E-state index contributed by atoms with van der Waals surface area (Å²) in [5, 5.41) is 10.8. The SMILES string of the molecule is O=C1CC(C(=O)[O-])C(c2ccccc2)O1. The first-order valence-electron chi connectivity index (χ1n) is 4.64. The van der Waals surface area contributed by atoms with Crippen LogP contribution in [-0.2, 0) is 14.3 Å². The summed E-state index contributed by atoms with van der Waals surface area (Å²) in [6.45, 7) is 0. The summed E-state index contributed by atoms with van der Waals surface area (Å²) in [6.07, 6.45) is -0.814. The van der Waals surface area contributed by atoms with Gasteiger partial charge in [0.25, 0.3) is 0 Å². The van der Waals surface area contributed by atoms with Crippen molar-refractivity contribution in [1.29, 1.82) is 0 Å². The molecule has 0 radical (unpaired) electrons. The van der Waals surface area contributed by atoms with Gasteiger partial charge in [-0.2, -0.15) is 0 Å². The summed E-state index contributed by atoms with van der Waals surface area (Å²) < 4.78 is 4.96. The van der Waals surface area contributed by atoms with Gasteiger partial charge >= 0.3 is 5.97 Å². The molecule has 1 fully saturated rings. The normalized spacial score (nSPS) is 24.9. The zero-order chi connectivity index (χ0) is 10.8. The fourth-order valence-electron chi connectivity index (χ4n) is 1.71. The molecule has 0 aromatic heterocycles. The highest BCUT2D eigenvalue weighted by Crippen LogP contribution is 2.34. The Labute approximate surface area is 86.5 Å². The van der Waals surface area contributed by atoms with Gasteiger partial charge in [-0.15, -0.1) is 0 Å². The average molecular weight is 205 g/mol. The Kier molecular flexibility index (Phi) is 2.41. The van der Waals surface area contributed by atoms with Crippen molar-refractivity contribution in [3.63, 3.8) is 0 Å². The largest absolute Gasteiger partial charge is 0.550 e. The molecule has 0 aliphatic carbocycles. The molecule has 0 spiro atoms. The van der Waals surface area contributed by atoms with Crippen molar-refractivity contribution in [1.82, 2.24) is 0 Å². The molecule has 4 heteroatoms. The van der Waals surface area contributed by atoms with Crippen LogP contribution in [0.5, 0.6) is 0 Å². The van der Waals surface area contributed by atoms with E-state index in [1.807, 2.05) is 6.07 Å². The number of aliphatic carboxylic acids is 1. The van der Waals surface area contributed by atoms with Gasteiger partial charge in [-0.05, 0) is 5.56 Å². The molecule has 1 heterocycles. The number of carbonyl (C=O) groups is 2. The second kappa shape index (κ2) is 3.73. The fourth-order valence-corrected chi connectivity index (χ4v) is 1.71. The molecule has 2 rings (SSSR count). The minimum Gasteiger partial charge on any atom is -0.550 e. The van der Waals surface area contributed by atoms with Gasteiger partial charge in [0.1, 0.15) is 6.10 Å². The predicted octanol–water partition coefficient (Wildman–Crippen LogP) is 0.0407. The van der Waals surface area contributed by atoms with Crippen molar-refractivity contribution < 1.29 is 19.4 Å². The molecule has 0 saturated carbocycles. The molecule has 1 aromatic carbocycles. The van der Waals surface area contributed by atoms with E-state index in [1.54, 1.807) is 24.3 Å². The number of hydrogen-bond donors (Lipinski definition) is 0. The third kappa shape index (κ3) is 1.83. The molecular formula is C11H9O4-. The second-order valence-corrected chi connectivity index (χ2v) is 3.45. The number of carbonyl (C=O) groups excluding carboxylic acids is 2. The zero-order valence-electron chi connectivity index (χ0n) is 7.88. The highest BCUT2D eigenvalue weighted by Gasteiger charge is 2.36. The van der Waals surface area contributed by atoms with Gasteiger partial charge in [0.15, 0.2) is 0 Å². The molecular weight excluding hydrogens is 196 g/mol. The summed E-state index contributed by atoms with van der Waals surface area (Å²) >= 11 is 0.